The number of likely N-dealkylation sites (N-methyl/N-ethyl adjacent to an activating group) is 1. The number of phenolic OH excluding ortho intramolecular Hbond substituents is 1. The third-order valence-corrected chi connectivity index (χ3v) is 15.2. The van der Waals surface area contributed by atoms with Crippen LogP contribution in [0.4, 0.5) is 0 Å². The average Bonchev–Trinajstić information content (AvgIpc) is 3.14. The van der Waals surface area contributed by atoms with Crippen molar-refractivity contribution in [2.24, 2.45) is 17.3 Å². The van der Waals surface area contributed by atoms with Crippen molar-refractivity contribution in [3.8, 4) is 11.5 Å². The number of hydrogen-bond acceptors (Lipinski definition) is 13. The highest BCUT2D eigenvalue weighted by Gasteiger charge is 2.54. The number of ether oxygens (including phenoxy) is 3. The van der Waals surface area contributed by atoms with Gasteiger partial charge in [0.15, 0.2) is 11.5 Å². The maximum atomic E-state index is 14.8. The molecule has 14 heteroatoms. The molecule has 0 spiro atoms. The smallest absolute Gasteiger partial charge is 0.332 e. The van der Waals surface area contributed by atoms with Crippen molar-refractivity contribution in [2.75, 3.05) is 38.8 Å². The summed E-state index contributed by atoms with van der Waals surface area (Å²) >= 11 is 0. The van der Waals surface area contributed by atoms with Crippen LogP contribution in [0.15, 0.2) is 18.2 Å². The van der Waals surface area contributed by atoms with Crippen molar-refractivity contribution in [2.45, 2.75) is 139 Å². The molecule has 6 N–H and O–H groups in total. The first-order valence-electron chi connectivity index (χ1n) is 19.9. The van der Waals surface area contributed by atoms with Gasteiger partial charge in [-0.05, 0) is 121 Å². The summed E-state index contributed by atoms with van der Waals surface area (Å²) in [5.74, 6) is 0.309. The van der Waals surface area contributed by atoms with E-state index in [9.17, 15) is 29.7 Å². The third-order valence-electron chi connectivity index (χ3n) is 12.6. The minimum absolute atomic E-state index is 0.0159. The highest BCUT2D eigenvalue weighted by molar-refractivity contribution is 8.76. The molecule has 0 bridgehead atoms. The summed E-state index contributed by atoms with van der Waals surface area (Å²) in [6.45, 7) is 4.61. The van der Waals surface area contributed by atoms with Crippen molar-refractivity contribution in [3.05, 3.63) is 23.8 Å². The number of carbonyl (C=O) groups excluding carboxylic acids is 3. The van der Waals surface area contributed by atoms with Crippen molar-refractivity contribution in [1.82, 2.24) is 16.0 Å². The Hall–Kier alpha value is -2.23. The fourth-order valence-electron chi connectivity index (χ4n) is 9.28. The molecule has 3 saturated heterocycles. The molecule has 1 aromatic rings. The van der Waals surface area contributed by atoms with Gasteiger partial charge in [0.1, 0.15) is 17.7 Å². The molecule has 1 amide bonds. The predicted molar refractivity (Wildman–Crippen MR) is 211 cm³/mol. The van der Waals surface area contributed by atoms with Gasteiger partial charge in [0, 0.05) is 42.7 Å². The second-order valence-corrected chi connectivity index (χ2v) is 19.0. The summed E-state index contributed by atoms with van der Waals surface area (Å²) in [5.41, 5.74) is -1.75. The Labute approximate surface area is 328 Å². The summed E-state index contributed by atoms with van der Waals surface area (Å²) in [6, 6.07) is 5.16. The molecule has 3 heterocycles. The highest BCUT2D eigenvalue weighted by Crippen LogP contribution is 2.46. The minimum Gasteiger partial charge on any atom is -0.504 e. The van der Waals surface area contributed by atoms with E-state index in [0.717, 1.165) is 24.8 Å². The second-order valence-electron chi connectivity index (χ2n) is 16.5. The topological polar surface area (TPSA) is 176 Å². The van der Waals surface area contributed by atoms with E-state index >= 15 is 0 Å². The fourth-order valence-corrected chi connectivity index (χ4v) is 12.1. The SMILES string of the molecule is CN[C@@H]1CSSC[C@@](C)(O)CC[C@H]([C@H](C[C@@H](OC(=O)[C@]23CCCC[C@H]2CCC(=O)N3)C2(Cc3ccc(O)c(OC)c3)CCNCC2)OC(C)=O)CC[C@H]1O. The van der Waals surface area contributed by atoms with E-state index in [0.29, 0.717) is 94.6 Å². The Balaban J connectivity index is 1.55. The fraction of sp³-hybridized carbons (Fsp3) is 0.775. The first kappa shape index (κ1) is 42.9. The lowest BCUT2D eigenvalue weighted by Crippen LogP contribution is -2.65. The zero-order valence-electron chi connectivity index (χ0n) is 32.5. The van der Waals surface area contributed by atoms with Crippen LogP contribution >= 0.6 is 21.6 Å². The Morgan fingerprint density at radius 3 is 2.54 bits per heavy atom. The molecule has 5 rings (SSSR count). The number of methoxy groups -OCH3 is 1. The summed E-state index contributed by atoms with van der Waals surface area (Å²) in [6.07, 6.45) is 6.25. The molecule has 1 saturated carbocycles. The Morgan fingerprint density at radius 2 is 1.81 bits per heavy atom. The Morgan fingerprint density at radius 1 is 1.04 bits per heavy atom. The number of aliphatic hydroxyl groups excluding tert-OH is 1. The third kappa shape index (κ3) is 10.8. The quantitative estimate of drug-likeness (QED) is 0.135. The molecule has 1 aromatic carbocycles. The first-order chi connectivity index (χ1) is 25.8. The largest absolute Gasteiger partial charge is 0.504 e. The van der Waals surface area contributed by atoms with E-state index in [-0.39, 0.29) is 36.0 Å². The first-order valence-corrected chi connectivity index (χ1v) is 22.4. The Bertz CT molecular complexity index is 1430. The zero-order valence-corrected chi connectivity index (χ0v) is 34.2. The number of hydrogen-bond donors (Lipinski definition) is 6. The van der Waals surface area contributed by atoms with Crippen LogP contribution in [0.3, 0.4) is 0 Å². The number of esters is 2. The maximum absolute atomic E-state index is 14.8. The van der Waals surface area contributed by atoms with Gasteiger partial charge in [-0.15, -0.1) is 0 Å². The van der Waals surface area contributed by atoms with Gasteiger partial charge in [0.25, 0.3) is 0 Å². The number of rotatable bonds is 11. The van der Waals surface area contributed by atoms with Crippen LogP contribution in [-0.4, -0.2) is 107 Å². The average molecular weight is 794 g/mol. The standard InChI is InChI=1S/C40H63N3O9S2/c1-26(44)51-33(28-9-12-31(45)30(41-3)24-53-54-25-38(2,49)16-14-28)22-35(52-37(48)40-15-6-5-7-29(40)10-13-36(47)43-40)39(17-19-42-20-18-39)23-27-8-11-32(46)34(21-27)50-4/h8,11,21,28-31,33,35,41-42,45-46,49H,5-7,9-10,12-20,22-25H2,1-4H3,(H,43,47)/t28-,29+,30-,31-,33+,35-,38+,40+/m1/s1. The summed E-state index contributed by atoms with van der Waals surface area (Å²) in [4.78, 5) is 40.7. The lowest BCUT2D eigenvalue weighted by molar-refractivity contribution is -0.180. The number of aliphatic hydroxyl groups is 2. The molecule has 3 aliphatic heterocycles. The molecule has 0 unspecified atom stereocenters. The number of amides is 1. The van der Waals surface area contributed by atoms with E-state index in [4.69, 9.17) is 14.2 Å². The molecular weight excluding hydrogens is 731 g/mol. The van der Waals surface area contributed by atoms with Crippen LogP contribution in [0.2, 0.25) is 0 Å². The number of fused-ring (bicyclic) bond motifs is 1. The maximum Gasteiger partial charge on any atom is 0.332 e. The van der Waals surface area contributed by atoms with Gasteiger partial charge in [-0.3, -0.25) is 9.59 Å². The van der Waals surface area contributed by atoms with Crippen LogP contribution in [0.25, 0.3) is 0 Å². The predicted octanol–water partition coefficient (Wildman–Crippen LogP) is 4.66. The summed E-state index contributed by atoms with van der Waals surface area (Å²) in [7, 11) is 6.58. The van der Waals surface area contributed by atoms with Crippen molar-refractivity contribution in [3.63, 3.8) is 0 Å². The molecule has 0 aromatic heterocycles. The van der Waals surface area contributed by atoms with E-state index in [1.165, 1.54) is 14.0 Å². The van der Waals surface area contributed by atoms with Crippen molar-refractivity contribution in [1.29, 1.82) is 0 Å². The monoisotopic (exact) mass is 793 g/mol. The van der Waals surface area contributed by atoms with Crippen LogP contribution in [0, 0.1) is 17.3 Å². The van der Waals surface area contributed by atoms with Gasteiger partial charge >= 0.3 is 11.9 Å². The second kappa shape index (κ2) is 19.3. The highest BCUT2D eigenvalue weighted by atomic mass is 33.1. The van der Waals surface area contributed by atoms with Crippen LogP contribution in [0.1, 0.15) is 103 Å². The molecule has 4 aliphatic rings. The summed E-state index contributed by atoms with van der Waals surface area (Å²) in [5, 5.41) is 43.0. The minimum atomic E-state index is -1.10. The van der Waals surface area contributed by atoms with E-state index in [1.54, 1.807) is 27.7 Å². The van der Waals surface area contributed by atoms with Crippen LogP contribution in [-0.2, 0) is 30.3 Å². The van der Waals surface area contributed by atoms with Crippen LogP contribution in [0.5, 0.6) is 11.5 Å². The number of benzene rings is 1. The molecule has 1 aliphatic carbocycles. The van der Waals surface area contributed by atoms with E-state index in [1.807, 2.05) is 26.1 Å². The molecule has 12 nitrogen and oxygen atoms in total. The lowest BCUT2D eigenvalue weighted by atomic mass is 9.66. The number of phenols is 1. The molecule has 8 atom stereocenters. The number of carbonyl (C=O) groups is 3. The number of aromatic hydroxyl groups is 1. The van der Waals surface area contributed by atoms with E-state index in [2.05, 4.69) is 16.0 Å². The van der Waals surface area contributed by atoms with Gasteiger partial charge in [0.2, 0.25) is 5.91 Å². The number of piperidine rings is 2. The molecule has 4 fully saturated rings. The van der Waals surface area contributed by atoms with Crippen molar-refractivity contribution < 1.29 is 43.9 Å². The lowest BCUT2D eigenvalue weighted by Gasteiger charge is -2.49. The van der Waals surface area contributed by atoms with E-state index < -0.39 is 46.8 Å². The van der Waals surface area contributed by atoms with Crippen LogP contribution < -0.4 is 20.7 Å². The Kier molecular flexibility index (Phi) is 15.3. The molecule has 0 radical (unpaired) electrons. The zero-order chi connectivity index (χ0) is 38.9. The van der Waals surface area contributed by atoms with Gasteiger partial charge in [-0.1, -0.05) is 40.5 Å². The van der Waals surface area contributed by atoms with Gasteiger partial charge in [-0.2, -0.15) is 0 Å². The molecule has 304 valence electrons. The molecular formula is C40H63N3O9S2. The summed E-state index contributed by atoms with van der Waals surface area (Å²) < 4.78 is 18.6. The number of nitrogens with one attached hydrogen (secondary N) is 3. The van der Waals surface area contributed by atoms with Crippen molar-refractivity contribution >= 4 is 39.4 Å². The van der Waals surface area contributed by atoms with Gasteiger partial charge < -0.3 is 45.5 Å². The van der Waals surface area contributed by atoms with Gasteiger partial charge in [-0.25, -0.2) is 4.79 Å². The normalized spacial score (nSPS) is 32.0. The van der Waals surface area contributed by atoms with Gasteiger partial charge in [0.05, 0.1) is 18.8 Å². The molecule has 54 heavy (non-hydrogen) atoms.